The molecule has 2 aliphatic heterocycles. The highest BCUT2D eigenvalue weighted by Crippen LogP contribution is 2.48. The van der Waals surface area contributed by atoms with Crippen molar-refractivity contribution in [1.29, 1.82) is 0 Å². The van der Waals surface area contributed by atoms with E-state index in [4.69, 9.17) is 4.74 Å². The minimum absolute atomic E-state index is 0.0761. The Hall–Kier alpha value is -2.51. The molecule has 0 amide bonds. The lowest BCUT2D eigenvalue weighted by Gasteiger charge is -2.45. The van der Waals surface area contributed by atoms with Crippen molar-refractivity contribution < 1.29 is 30.7 Å². The molecule has 3 atom stereocenters. The van der Waals surface area contributed by atoms with Gasteiger partial charge in [0.15, 0.2) is 9.84 Å². The second-order valence-electron chi connectivity index (χ2n) is 8.71. The van der Waals surface area contributed by atoms with Gasteiger partial charge in [0.25, 0.3) is 0 Å². The number of halogens is 4. The monoisotopic (exact) mass is 530 g/mol. The molecule has 1 saturated heterocycles. The summed E-state index contributed by atoms with van der Waals surface area (Å²) in [4.78, 5) is 5.42. The smallest absolute Gasteiger partial charge is 0.391 e. The highest BCUT2D eigenvalue weighted by molar-refractivity contribution is 7.90. The Bertz CT molecular complexity index is 1280. The number of H-pyrrole nitrogens is 1. The molecule has 0 saturated carbocycles. The fraction of sp³-hybridized carbons (Fsp3) is 0.455. The third-order valence-electron chi connectivity index (χ3n) is 6.62. The van der Waals surface area contributed by atoms with Crippen molar-refractivity contribution in [3.8, 4) is 5.75 Å². The van der Waals surface area contributed by atoms with Gasteiger partial charge in [-0.05, 0) is 25.5 Å². The Morgan fingerprint density at radius 1 is 1.23 bits per heavy atom. The van der Waals surface area contributed by atoms with Crippen LogP contribution in [-0.4, -0.2) is 47.8 Å². The van der Waals surface area contributed by atoms with E-state index in [1.54, 1.807) is 11.6 Å². The molecule has 0 unspecified atom stereocenters. The maximum atomic E-state index is 15.2. The number of benzene rings is 1. The number of rotatable bonds is 5. The first-order chi connectivity index (χ1) is 16.6. The van der Waals surface area contributed by atoms with Gasteiger partial charge in [0.2, 0.25) is 0 Å². The van der Waals surface area contributed by atoms with E-state index in [9.17, 15) is 21.6 Å². The van der Waals surface area contributed by atoms with Crippen molar-refractivity contribution in [3.05, 3.63) is 58.1 Å². The Morgan fingerprint density at radius 3 is 2.74 bits per heavy atom. The zero-order chi connectivity index (χ0) is 24.8. The van der Waals surface area contributed by atoms with Crippen LogP contribution in [0.2, 0.25) is 0 Å². The first-order valence-electron chi connectivity index (χ1n) is 11.0. The van der Waals surface area contributed by atoms with Crippen molar-refractivity contribution in [2.24, 2.45) is 5.92 Å². The van der Waals surface area contributed by atoms with Crippen LogP contribution < -0.4 is 4.74 Å². The van der Waals surface area contributed by atoms with Crippen molar-refractivity contribution in [1.82, 2.24) is 20.1 Å². The number of hydrogen-bond donors (Lipinski definition) is 1. The maximum Gasteiger partial charge on any atom is 0.391 e. The Balaban J connectivity index is 1.48. The lowest BCUT2D eigenvalue weighted by atomic mass is 9.84. The Morgan fingerprint density at radius 2 is 2.06 bits per heavy atom. The molecule has 0 aliphatic carbocycles. The van der Waals surface area contributed by atoms with Crippen LogP contribution in [0.1, 0.15) is 47.5 Å². The van der Waals surface area contributed by atoms with Gasteiger partial charge in [-0.1, -0.05) is 0 Å². The minimum atomic E-state index is -4.31. The van der Waals surface area contributed by atoms with Crippen LogP contribution in [-0.2, 0) is 15.6 Å². The summed E-state index contributed by atoms with van der Waals surface area (Å²) >= 11 is 1.16. The molecule has 188 valence electrons. The number of fused-ring (bicyclic) bond motifs is 1. The van der Waals surface area contributed by atoms with Gasteiger partial charge >= 0.3 is 6.18 Å². The van der Waals surface area contributed by atoms with E-state index >= 15 is 4.39 Å². The lowest BCUT2D eigenvalue weighted by Crippen LogP contribution is -2.44. The molecule has 35 heavy (non-hydrogen) atoms. The second kappa shape index (κ2) is 9.17. The van der Waals surface area contributed by atoms with Crippen LogP contribution in [0.3, 0.4) is 0 Å². The normalized spacial score (nSPS) is 23.6. The Kier molecular flexibility index (Phi) is 6.34. The molecule has 2 aromatic heterocycles. The van der Waals surface area contributed by atoms with Crippen molar-refractivity contribution in [2.45, 2.75) is 48.2 Å². The number of nitrogens with zero attached hydrogens (tertiary/aromatic N) is 3. The highest BCUT2D eigenvalue weighted by atomic mass is 32.2. The Labute approximate surface area is 203 Å². The van der Waals surface area contributed by atoms with Gasteiger partial charge < -0.3 is 4.74 Å². The zero-order valence-corrected chi connectivity index (χ0v) is 20.0. The molecule has 4 heterocycles. The lowest BCUT2D eigenvalue weighted by molar-refractivity contribution is -0.192. The molecule has 13 heteroatoms. The van der Waals surface area contributed by atoms with Crippen LogP contribution in [0.15, 0.2) is 41.0 Å². The van der Waals surface area contributed by atoms with E-state index in [-0.39, 0.29) is 31.7 Å². The molecule has 1 aromatic carbocycles. The fourth-order valence-corrected chi connectivity index (χ4v) is 7.28. The third kappa shape index (κ3) is 4.81. The molecule has 0 spiro atoms. The molecule has 0 radical (unpaired) electrons. The van der Waals surface area contributed by atoms with Gasteiger partial charge in [0.1, 0.15) is 27.2 Å². The average molecular weight is 531 g/mol. The summed E-state index contributed by atoms with van der Waals surface area (Å²) in [6.07, 6.45) is 0.463. The number of nitrogens with one attached hydrogen (secondary N) is 1. The molecule has 5 rings (SSSR count). The number of alkyl halides is 3. The van der Waals surface area contributed by atoms with Crippen molar-refractivity contribution >= 4 is 21.2 Å². The predicted octanol–water partition coefficient (Wildman–Crippen LogP) is 4.82. The fourth-order valence-electron chi connectivity index (χ4n) is 4.94. The van der Waals surface area contributed by atoms with Gasteiger partial charge in [0.05, 0.1) is 18.7 Å². The van der Waals surface area contributed by atoms with E-state index in [2.05, 4.69) is 15.2 Å². The summed E-state index contributed by atoms with van der Waals surface area (Å²) < 4.78 is 87.3. The van der Waals surface area contributed by atoms with Crippen LogP contribution in [0.5, 0.6) is 5.75 Å². The van der Waals surface area contributed by atoms with Gasteiger partial charge in [-0.2, -0.15) is 18.3 Å². The number of piperidine rings is 1. The topological polar surface area (TPSA) is 88.2 Å². The van der Waals surface area contributed by atoms with Gasteiger partial charge in [-0.25, -0.2) is 17.8 Å². The van der Waals surface area contributed by atoms with E-state index in [1.165, 1.54) is 18.5 Å². The van der Waals surface area contributed by atoms with Crippen LogP contribution in [0.4, 0.5) is 17.6 Å². The maximum absolute atomic E-state index is 15.2. The molecule has 1 N–H and O–H groups in total. The summed E-state index contributed by atoms with van der Waals surface area (Å²) in [5.41, 5.74) is 1.05. The van der Waals surface area contributed by atoms with E-state index in [0.29, 0.717) is 22.6 Å². The first-order valence-corrected chi connectivity index (χ1v) is 13.5. The number of aromatic nitrogens is 3. The van der Waals surface area contributed by atoms with Crippen molar-refractivity contribution in [3.63, 3.8) is 0 Å². The number of aromatic amines is 1. The third-order valence-corrected chi connectivity index (χ3v) is 9.21. The predicted molar refractivity (Wildman–Crippen MR) is 119 cm³/mol. The SMILES string of the molecule is O=S(=O)(Cc1nccs1)c1cc2c(cc1F)[C@@H](N1CC[C@@H](C(F)(F)F)C[C@H]1c1cn[nH]c1)CCO2. The van der Waals surface area contributed by atoms with E-state index in [0.717, 1.165) is 17.4 Å². The number of thiazole rings is 1. The second-order valence-corrected chi connectivity index (χ2v) is 11.6. The molecular weight excluding hydrogens is 508 g/mol. The first kappa shape index (κ1) is 24.2. The van der Waals surface area contributed by atoms with E-state index in [1.807, 2.05) is 4.90 Å². The van der Waals surface area contributed by atoms with Gasteiger partial charge in [-0.15, -0.1) is 11.3 Å². The molecule has 1 fully saturated rings. The van der Waals surface area contributed by atoms with Crippen molar-refractivity contribution in [2.75, 3.05) is 13.2 Å². The summed E-state index contributed by atoms with van der Waals surface area (Å²) in [7, 11) is -4.02. The summed E-state index contributed by atoms with van der Waals surface area (Å²) in [6.45, 7) is 0.377. The summed E-state index contributed by atoms with van der Waals surface area (Å²) in [6, 6.07) is 1.32. The summed E-state index contributed by atoms with van der Waals surface area (Å²) in [5.74, 6) is -2.57. The largest absolute Gasteiger partial charge is 0.493 e. The standard InChI is InChI=1S/C22H22F4N4O3S2/c23-16-8-15-17(30-4-1-14(22(24,25)26)7-18(30)13-10-28-29-11-13)2-5-33-19(15)9-20(16)35(31,32)12-21-27-3-6-34-21/h3,6,8-11,14,17-18H,1-2,4-5,7,12H2,(H,28,29)/t14-,17+,18+/m1/s1. The number of likely N-dealkylation sites (tertiary alicyclic amines) is 1. The van der Waals surface area contributed by atoms with Crippen LogP contribution in [0, 0.1) is 11.7 Å². The average Bonchev–Trinajstić information content (AvgIpc) is 3.51. The minimum Gasteiger partial charge on any atom is -0.493 e. The quantitative estimate of drug-likeness (QED) is 0.476. The van der Waals surface area contributed by atoms with Gasteiger partial charge in [-0.3, -0.25) is 10.00 Å². The summed E-state index contributed by atoms with van der Waals surface area (Å²) in [5, 5.41) is 8.55. The highest BCUT2D eigenvalue weighted by Gasteiger charge is 2.47. The number of hydrogen-bond acceptors (Lipinski definition) is 7. The molecule has 3 aromatic rings. The van der Waals surface area contributed by atoms with Crippen LogP contribution >= 0.6 is 11.3 Å². The number of sulfone groups is 1. The zero-order valence-electron chi connectivity index (χ0n) is 18.3. The molecular formula is C22H22F4N4O3S2. The molecule has 2 aliphatic rings. The molecule has 7 nitrogen and oxygen atoms in total. The number of ether oxygens (including phenoxy) is 1. The van der Waals surface area contributed by atoms with Crippen LogP contribution in [0.25, 0.3) is 0 Å². The van der Waals surface area contributed by atoms with Gasteiger partial charge in [0, 0.05) is 53.5 Å². The van der Waals surface area contributed by atoms with E-state index < -0.39 is 50.5 Å². The molecule has 0 bridgehead atoms.